The van der Waals surface area contributed by atoms with Crippen molar-refractivity contribution in [3.8, 4) is 0 Å². The van der Waals surface area contributed by atoms with E-state index < -0.39 is 17.7 Å². The van der Waals surface area contributed by atoms with Crippen molar-refractivity contribution in [3.63, 3.8) is 0 Å². The average Bonchev–Trinajstić information content (AvgIpc) is 3.35. The van der Waals surface area contributed by atoms with Gasteiger partial charge in [-0.3, -0.25) is 14.6 Å². The predicted molar refractivity (Wildman–Crippen MR) is 117 cm³/mol. The van der Waals surface area contributed by atoms with Crippen LogP contribution in [-0.2, 0) is 16.1 Å². The minimum atomic E-state index is -0.692. The molecule has 0 aliphatic carbocycles. The lowest BCUT2D eigenvalue weighted by atomic mass is 9.95. The van der Waals surface area contributed by atoms with Crippen LogP contribution in [0.15, 0.2) is 90.9 Å². The summed E-state index contributed by atoms with van der Waals surface area (Å²) in [6.45, 7) is 0.233. The Morgan fingerprint density at radius 3 is 2.45 bits per heavy atom. The summed E-state index contributed by atoms with van der Waals surface area (Å²) < 4.78 is 0. The molecule has 3 heterocycles. The average molecular weight is 409 g/mol. The van der Waals surface area contributed by atoms with Crippen LogP contribution in [0.2, 0.25) is 0 Å². The third-order valence-corrected chi connectivity index (χ3v) is 5.60. The first-order valence-electron chi connectivity index (χ1n) is 9.94. The fourth-order valence-electron chi connectivity index (χ4n) is 4.12. The number of hydrogen-bond donors (Lipinski definition) is 2. The first kappa shape index (κ1) is 18.8. The van der Waals surface area contributed by atoms with Crippen LogP contribution < -0.4 is 0 Å². The zero-order valence-corrected chi connectivity index (χ0v) is 16.5. The number of para-hydroxylation sites is 1. The number of aliphatic hydroxyl groups excluding tert-OH is 1. The summed E-state index contributed by atoms with van der Waals surface area (Å²) >= 11 is 0. The number of carbonyl (C=O) groups excluding carboxylic acids is 2. The van der Waals surface area contributed by atoms with Crippen molar-refractivity contribution < 1.29 is 14.7 Å². The van der Waals surface area contributed by atoms with Crippen LogP contribution in [-0.4, -0.2) is 31.7 Å². The van der Waals surface area contributed by atoms with E-state index >= 15 is 0 Å². The van der Waals surface area contributed by atoms with Gasteiger partial charge in [0.15, 0.2) is 0 Å². The van der Waals surface area contributed by atoms with Crippen LogP contribution >= 0.6 is 0 Å². The van der Waals surface area contributed by atoms with Crippen LogP contribution in [0, 0.1) is 0 Å². The molecule has 0 radical (unpaired) electrons. The molecule has 5 rings (SSSR count). The van der Waals surface area contributed by atoms with Gasteiger partial charge in [0.05, 0.1) is 11.6 Å². The Hall–Kier alpha value is -4.19. The summed E-state index contributed by atoms with van der Waals surface area (Å²) in [6, 6.07) is 19.7. The van der Waals surface area contributed by atoms with Crippen LogP contribution in [0.4, 0.5) is 0 Å². The second kappa shape index (κ2) is 7.57. The normalized spacial score (nSPS) is 18.1. The lowest BCUT2D eigenvalue weighted by Gasteiger charge is -2.25. The Morgan fingerprint density at radius 1 is 0.968 bits per heavy atom. The van der Waals surface area contributed by atoms with Gasteiger partial charge in [-0.05, 0) is 29.3 Å². The van der Waals surface area contributed by atoms with Crippen LogP contribution in [0.5, 0.6) is 0 Å². The number of Topliss-reactive ketones (excluding diaryl/α,β-unsaturated/α-hetero) is 1. The molecule has 31 heavy (non-hydrogen) atoms. The molecule has 2 N–H and O–H groups in total. The van der Waals surface area contributed by atoms with Crippen molar-refractivity contribution in [2.45, 2.75) is 12.6 Å². The number of hydrogen-bond acceptors (Lipinski definition) is 4. The first-order valence-corrected chi connectivity index (χ1v) is 9.94. The van der Waals surface area contributed by atoms with Gasteiger partial charge in [0.1, 0.15) is 5.76 Å². The molecule has 1 aliphatic heterocycles. The number of benzene rings is 2. The number of rotatable bonds is 4. The maximum atomic E-state index is 13.1. The Kier molecular flexibility index (Phi) is 4.59. The van der Waals surface area contributed by atoms with Gasteiger partial charge >= 0.3 is 0 Å². The van der Waals surface area contributed by atoms with Crippen LogP contribution in [0.1, 0.15) is 22.7 Å². The third kappa shape index (κ3) is 3.18. The standard InChI is InChI=1S/C25H19N3O3/c29-23(19-14-27-20-9-5-4-8-18(19)20)21-22(17-6-2-1-3-7-17)28(25(31)24(21)30)15-16-10-12-26-13-11-16/h1-14,22,27,29H,15H2/b23-21-. The number of aliphatic hydroxyl groups is 1. The molecule has 0 bridgehead atoms. The van der Waals surface area contributed by atoms with E-state index in [1.54, 1.807) is 30.7 Å². The number of likely N-dealkylation sites (tertiary alicyclic amines) is 1. The number of amides is 1. The molecular weight excluding hydrogens is 390 g/mol. The van der Waals surface area contributed by atoms with Gasteiger partial charge < -0.3 is 15.0 Å². The van der Waals surface area contributed by atoms with Gasteiger partial charge in [-0.15, -0.1) is 0 Å². The molecule has 2 aromatic heterocycles. The minimum Gasteiger partial charge on any atom is -0.507 e. The van der Waals surface area contributed by atoms with E-state index in [4.69, 9.17) is 0 Å². The van der Waals surface area contributed by atoms with E-state index in [1.165, 1.54) is 4.90 Å². The number of carbonyl (C=O) groups is 2. The van der Waals surface area contributed by atoms with Gasteiger partial charge in [0, 0.05) is 41.6 Å². The lowest BCUT2D eigenvalue weighted by molar-refractivity contribution is -0.140. The summed E-state index contributed by atoms with van der Waals surface area (Å²) in [5.41, 5.74) is 3.04. The number of aromatic amines is 1. The van der Waals surface area contributed by atoms with Gasteiger partial charge in [-0.2, -0.15) is 0 Å². The topological polar surface area (TPSA) is 86.3 Å². The van der Waals surface area contributed by atoms with E-state index in [-0.39, 0.29) is 17.9 Å². The van der Waals surface area contributed by atoms with Crippen molar-refractivity contribution >= 4 is 28.4 Å². The number of nitrogens with zero attached hydrogens (tertiary/aromatic N) is 2. The molecule has 4 aromatic rings. The fraction of sp³-hybridized carbons (Fsp3) is 0.0800. The maximum absolute atomic E-state index is 13.1. The highest BCUT2D eigenvalue weighted by atomic mass is 16.3. The van der Waals surface area contributed by atoms with Gasteiger partial charge in [0.2, 0.25) is 0 Å². The van der Waals surface area contributed by atoms with E-state index in [0.717, 1.165) is 22.0 Å². The van der Waals surface area contributed by atoms with E-state index in [1.807, 2.05) is 54.6 Å². The zero-order valence-electron chi connectivity index (χ0n) is 16.5. The molecule has 1 amide bonds. The highest BCUT2D eigenvalue weighted by Crippen LogP contribution is 2.41. The molecule has 0 saturated carbocycles. The smallest absolute Gasteiger partial charge is 0.295 e. The Morgan fingerprint density at radius 2 is 1.68 bits per heavy atom. The Labute approximate surface area is 178 Å². The number of pyridine rings is 1. The SMILES string of the molecule is O=C1C(=O)N(Cc2ccncc2)C(c2ccccc2)/C1=C(/O)c1c[nH]c2ccccc12. The third-order valence-electron chi connectivity index (χ3n) is 5.60. The van der Waals surface area contributed by atoms with Gasteiger partial charge in [0.25, 0.3) is 11.7 Å². The predicted octanol–water partition coefficient (Wildman–Crippen LogP) is 4.18. The summed E-state index contributed by atoms with van der Waals surface area (Å²) in [6.07, 6.45) is 4.96. The highest BCUT2D eigenvalue weighted by Gasteiger charge is 2.46. The zero-order chi connectivity index (χ0) is 21.4. The number of fused-ring (bicyclic) bond motifs is 1. The molecule has 1 unspecified atom stereocenters. The Bertz CT molecular complexity index is 1310. The quantitative estimate of drug-likeness (QED) is 0.301. The summed E-state index contributed by atoms with van der Waals surface area (Å²) in [5.74, 6) is -1.50. The first-order chi connectivity index (χ1) is 15.1. The monoisotopic (exact) mass is 409 g/mol. The maximum Gasteiger partial charge on any atom is 0.295 e. The van der Waals surface area contributed by atoms with E-state index in [0.29, 0.717) is 5.56 Å². The van der Waals surface area contributed by atoms with Gasteiger partial charge in [-0.25, -0.2) is 0 Å². The highest BCUT2D eigenvalue weighted by molar-refractivity contribution is 6.46. The number of H-pyrrole nitrogens is 1. The number of ketones is 1. The minimum absolute atomic E-state index is 0.0926. The number of nitrogens with one attached hydrogen (secondary N) is 1. The molecule has 1 aliphatic rings. The van der Waals surface area contributed by atoms with Gasteiger partial charge in [-0.1, -0.05) is 48.5 Å². The molecule has 0 spiro atoms. The van der Waals surface area contributed by atoms with Crippen LogP contribution in [0.3, 0.4) is 0 Å². The summed E-state index contributed by atoms with van der Waals surface area (Å²) in [5, 5.41) is 12.0. The molecular formula is C25H19N3O3. The fourth-order valence-corrected chi connectivity index (χ4v) is 4.12. The van der Waals surface area contributed by atoms with E-state index in [2.05, 4.69) is 9.97 Å². The van der Waals surface area contributed by atoms with Crippen molar-refractivity contribution in [1.82, 2.24) is 14.9 Å². The van der Waals surface area contributed by atoms with Crippen molar-refractivity contribution in [2.75, 3.05) is 0 Å². The van der Waals surface area contributed by atoms with Crippen LogP contribution in [0.25, 0.3) is 16.7 Å². The molecule has 1 saturated heterocycles. The second-order valence-electron chi connectivity index (χ2n) is 7.44. The molecule has 152 valence electrons. The molecule has 2 aromatic carbocycles. The summed E-state index contributed by atoms with van der Waals surface area (Å²) in [4.78, 5) is 34.8. The Balaban J connectivity index is 1.68. The van der Waals surface area contributed by atoms with Crippen molar-refractivity contribution in [3.05, 3.63) is 108 Å². The number of aromatic nitrogens is 2. The molecule has 1 atom stereocenters. The molecule has 6 heteroatoms. The second-order valence-corrected chi connectivity index (χ2v) is 7.44. The molecule has 6 nitrogen and oxygen atoms in total. The lowest BCUT2D eigenvalue weighted by Crippen LogP contribution is -2.29. The van der Waals surface area contributed by atoms with Crippen molar-refractivity contribution in [2.24, 2.45) is 0 Å². The van der Waals surface area contributed by atoms with E-state index in [9.17, 15) is 14.7 Å². The summed E-state index contributed by atoms with van der Waals surface area (Å²) in [7, 11) is 0. The van der Waals surface area contributed by atoms with Crippen molar-refractivity contribution in [1.29, 1.82) is 0 Å². The molecule has 1 fully saturated rings. The largest absolute Gasteiger partial charge is 0.507 e.